The maximum Gasteiger partial charge on any atom is 0.416 e. The van der Waals surface area contributed by atoms with Crippen LogP contribution in [0.3, 0.4) is 0 Å². The zero-order chi connectivity index (χ0) is 22.3. The molecule has 5 nitrogen and oxygen atoms in total. The molecule has 0 spiro atoms. The SMILES string of the molecule is O=c1c2c3c(sc2ncn1Cc1cccc(C(F)(F)F)c1)CC(NCC1CCCO1)CC3. The van der Waals surface area contributed by atoms with Crippen LogP contribution < -0.4 is 10.9 Å². The summed E-state index contributed by atoms with van der Waals surface area (Å²) in [7, 11) is 0. The molecule has 0 radical (unpaired) electrons. The Morgan fingerprint density at radius 2 is 2.16 bits per heavy atom. The van der Waals surface area contributed by atoms with Gasteiger partial charge in [-0.05, 0) is 55.4 Å². The van der Waals surface area contributed by atoms with Crippen molar-refractivity contribution in [3.05, 3.63) is 62.5 Å². The fourth-order valence-corrected chi connectivity index (χ4v) is 5.89. The first-order valence-electron chi connectivity index (χ1n) is 10.9. The molecule has 0 saturated carbocycles. The second-order valence-corrected chi connectivity index (χ2v) is 9.63. The van der Waals surface area contributed by atoms with Gasteiger partial charge in [0.05, 0.1) is 29.9 Å². The fraction of sp³-hybridized carbons (Fsp3) is 0.478. The Balaban J connectivity index is 1.37. The van der Waals surface area contributed by atoms with Crippen LogP contribution in [0.2, 0.25) is 0 Å². The third-order valence-corrected chi connectivity index (χ3v) is 7.46. The topological polar surface area (TPSA) is 56.2 Å². The summed E-state index contributed by atoms with van der Waals surface area (Å²) in [5.74, 6) is 0. The Bertz CT molecular complexity index is 1180. The van der Waals surface area contributed by atoms with Crippen LogP contribution in [0.25, 0.3) is 10.2 Å². The van der Waals surface area contributed by atoms with Crippen LogP contribution in [0.1, 0.15) is 40.8 Å². The van der Waals surface area contributed by atoms with Crippen molar-refractivity contribution in [3.63, 3.8) is 0 Å². The van der Waals surface area contributed by atoms with Gasteiger partial charge in [0.1, 0.15) is 4.83 Å². The number of nitrogens with zero attached hydrogens (tertiary/aromatic N) is 2. The molecule has 170 valence electrons. The summed E-state index contributed by atoms with van der Waals surface area (Å²) in [5.41, 5.74) is 0.573. The molecular weight excluding hydrogens is 439 g/mol. The maximum atomic E-state index is 13.2. The van der Waals surface area contributed by atoms with Gasteiger partial charge in [-0.2, -0.15) is 13.2 Å². The lowest BCUT2D eigenvalue weighted by Crippen LogP contribution is -2.38. The predicted octanol–water partition coefficient (Wildman–Crippen LogP) is 4.15. The van der Waals surface area contributed by atoms with Crippen molar-refractivity contribution < 1.29 is 17.9 Å². The minimum absolute atomic E-state index is 0.0574. The molecule has 1 N–H and O–H groups in total. The van der Waals surface area contributed by atoms with E-state index in [2.05, 4.69) is 10.3 Å². The summed E-state index contributed by atoms with van der Waals surface area (Å²) in [4.78, 5) is 19.6. The van der Waals surface area contributed by atoms with Gasteiger partial charge in [-0.1, -0.05) is 12.1 Å². The van der Waals surface area contributed by atoms with Gasteiger partial charge in [0.2, 0.25) is 0 Å². The number of benzene rings is 1. The summed E-state index contributed by atoms with van der Waals surface area (Å²) in [6.45, 7) is 1.75. The predicted molar refractivity (Wildman–Crippen MR) is 117 cm³/mol. The number of aromatic nitrogens is 2. The second-order valence-electron chi connectivity index (χ2n) is 8.54. The molecule has 9 heteroatoms. The number of nitrogens with one attached hydrogen (secondary N) is 1. The van der Waals surface area contributed by atoms with E-state index < -0.39 is 11.7 Å². The normalized spacial score (nSPS) is 21.2. The minimum Gasteiger partial charge on any atom is -0.377 e. The molecule has 1 aliphatic heterocycles. The first-order chi connectivity index (χ1) is 15.4. The molecule has 3 aromatic rings. The van der Waals surface area contributed by atoms with Gasteiger partial charge in [0.15, 0.2) is 0 Å². The largest absolute Gasteiger partial charge is 0.416 e. The Morgan fingerprint density at radius 3 is 2.94 bits per heavy atom. The Kier molecular flexibility index (Phi) is 5.81. The number of rotatable bonds is 5. The van der Waals surface area contributed by atoms with Crippen molar-refractivity contribution >= 4 is 21.6 Å². The van der Waals surface area contributed by atoms with E-state index in [1.54, 1.807) is 17.4 Å². The molecule has 1 aromatic carbocycles. The molecule has 2 aromatic heterocycles. The first-order valence-corrected chi connectivity index (χ1v) is 11.7. The average molecular weight is 464 g/mol. The van der Waals surface area contributed by atoms with Gasteiger partial charge in [0.25, 0.3) is 5.56 Å². The van der Waals surface area contributed by atoms with E-state index in [-0.39, 0.29) is 12.1 Å². The van der Waals surface area contributed by atoms with Crippen molar-refractivity contribution in [3.8, 4) is 0 Å². The highest BCUT2D eigenvalue weighted by Crippen LogP contribution is 2.34. The average Bonchev–Trinajstić information content (AvgIpc) is 3.41. The molecule has 2 aliphatic rings. The highest BCUT2D eigenvalue weighted by atomic mass is 32.1. The first kappa shape index (κ1) is 21.6. The van der Waals surface area contributed by atoms with E-state index in [4.69, 9.17) is 4.74 Å². The zero-order valence-corrected chi connectivity index (χ0v) is 18.3. The van der Waals surface area contributed by atoms with Gasteiger partial charge in [-0.15, -0.1) is 11.3 Å². The van der Waals surface area contributed by atoms with Crippen molar-refractivity contribution in [2.24, 2.45) is 0 Å². The molecule has 1 aliphatic carbocycles. The van der Waals surface area contributed by atoms with E-state index in [1.807, 2.05) is 0 Å². The molecular formula is C23H24F3N3O2S. The summed E-state index contributed by atoms with van der Waals surface area (Å²) in [6.07, 6.45) is 2.14. The van der Waals surface area contributed by atoms with Gasteiger partial charge >= 0.3 is 6.18 Å². The fourth-order valence-electron chi connectivity index (χ4n) is 4.63. The third kappa shape index (κ3) is 4.33. The van der Waals surface area contributed by atoms with Crippen molar-refractivity contribution in [1.82, 2.24) is 14.9 Å². The van der Waals surface area contributed by atoms with E-state index in [1.165, 1.54) is 21.8 Å². The van der Waals surface area contributed by atoms with E-state index in [9.17, 15) is 18.0 Å². The number of halogens is 3. The molecule has 1 saturated heterocycles. The van der Waals surface area contributed by atoms with Crippen LogP contribution in [-0.4, -0.2) is 34.8 Å². The van der Waals surface area contributed by atoms with Crippen LogP contribution in [0.15, 0.2) is 35.4 Å². The lowest BCUT2D eigenvalue weighted by molar-refractivity contribution is -0.137. The number of ether oxygens (including phenoxy) is 1. The molecule has 5 rings (SSSR count). The van der Waals surface area contributed by atoms with E-state index in [0.717, 1.165) is 63.0 Å². The van der Waals surface area contributed by atoms with Crippen molar-refractivity contribution in [2.75, 3.05) is 13.2 Å². The molecule has 2 unspecified atom stereocenters. The number of alkyl halides is 3. The number of hydrogen-bond donors (Lipinski definition) is 1. The minimum atomic E-state index is -4.41. The van der Waals surface area contributed by atoms with Gasteiger partial charge in [-0.3, -0.25) is 9.36 Å². The smallest absolute Gasteiger partial charge is 0.377 e. The summed E-state index contributed by atoms with van der Waals surface area (Å²) < 4.78 is 46.2. The molecule has 0 bridgehead atoms. The molecule has 1 fully saturated rings. The van der Waals surface area contributed by atoms with Crippen LogP contribution in [0.4, 0.5) is 13.2 Å². The Hall–Kier alpha value is -2.23. The van der Waals surface area contributed by atoms with Gasteiger partial charge in [0, 0.05) is 24.1 Å². The van der Waals surface area contributed by atoms with Crippen molar-refractivity contribution in [1.29, 1.82) is 0 Å². The Labute approximate surface area is 187 Å². The highest BCUT2D eigenvalue weighted by Gasteiger charge is 2.30. The number of thiophene rings is 1. The van der Waals surface area contributed by atoms with Gasteiger partial charge in [-0.25, -0.2) is 4.98 Å². The van der Waals surface area contributed by atoms with Crippen molar-refractivity contribution in [2.45, 2.75) is 57.0 Å². The van der Waals surface area contributed by atoms with Crippen LogP contribution in [0.5, 0.6) is 0 Å². The molecule has 0 amide bonds. The summed E-state index contributed by atoms with van der Waals surface area (Å²) in [6, 6.07) is 5.44. The third-order valence-electron chi connectivity index (χ3n) is 6.30. The maximum absolute atomic E-state index is 13.2. The molecule has 32 heavy (non-hydrogen) atoms. The highest BCUT2D eigenvalue weighted by molar-refractivity contribution is 7.18. The number of aryl methyl sites for hydroxylation is 1. The summed E-state index contributed by atoms with van der Waals surface area (Å²) >= 11 is 1.55. The van der Waals surface area contributed by atoms with Crippen LogP contribution in [-0.2, 0) is 30.3 Å². The summed E-state index contributed by atoms with van der Waals surface area (Å²) in [5, 5.41) is 4.23. The van der Waals surface area contributed by atoms with Crippen LogP contribution >= 0.6 is 11.3 Å². The lowest BCUT2D eigenvalue weighted by Gasteiger charge is -2.24. The Morgan fingerprint density at radius 1 is 1.28 bits per heavy atom. The molecule has 3 heterocycles. The van der Waals surface area contributed by atoms with E-state index in [0.29, 0.717) is 27.9 Å². The standard InChI is InChI=1S/C23H24F3N3O2S/c24-23(25,26)15-4-1-3-14(9-15)12-29-13-28-21-20(22(29)30)18-7-6-16(10-19(18)32-21)27-11-17-5-2-8-31-17/h1,3-4,9,13,16-17,27H,2,5-8,10-12H2. The quantitative estimate of drug-likeness (QED) is 0.618. The van der Waals surface area contributed by atoms with E-state index >= 15 is 0 Å². The number of fused-ring (bicyclic) bond motifs is 3. The lowest BCUT2D eigenvalue weighted by atomic mass is 9.93. The molecule has 2 atom stereocenters. The second kappa shape index (κ2) is 8.61. The number of hydrogen-bond acceptors (Lipinski definition) is 5. The zero-order valence-electron chi connectivity index (χ0n) is 17.5. The monoisotopic (exact) mass is 463 g/mol. The van der Waals surface area contributed by atoms with Crippen LogP contribution in [0, 0.1) is 0 Å². The van der Waals surface area contributed by atoms with Gasteiger partial charge < -0.3 is 10.1 Å².